The predicted octanol–water partition coefficient (Wildman–Crippen LogP) is 4.53. The number of carbonyl (C=O) groups excluding carboxylic acids is 3. The van der Waals surface area contributed by atoms with Crippen LogP contribution in [0.4, 0.5) is 4.39 Å². The van der Waals surface area contributed by atoms with Gasteiger partial charge in [-0.3, -0.25) is 24.2 Å². The summed E-state index contributed by atoms with van der Waals surface area (Å²) < 4.78 is 24.7. The van der Waals surface area contributed by atoms with Crippen molar-refractivity contribution in [2.24, 2.45) is 5.41 Å². The van der Waals surface area contributed by atoms with Crippen LogP contribution in [0.1, 0.15) is 34.3 Å². The van der Waals surface area contributed by atoms with Gasteiger partial charge in [-0.15, -0.1) is 0 Å². The number of rotatable bonds is 13. The summed E-state index contributed by atoms with van der Waals surface area (Å²) in [5.41, 5.74) is 3.47. The summed E-state index contributed by atoms with van der Waals surface area (Å²) in [6.07, 6.45) is 2.85. The van der Waals surface area contributed by atoms with E-state index in [1.807, 2.05) is 0 Å². The van der Waals surface area contributed by atoms with Crippen LogP contribution in [-0.2, 0) is 27.3 Å². The number of nitrogens with zero attached hydrogens (tertiary/aromatic N) is 1. The fraction of sp³-hybridized carbons (Fsp3) is 0.250. The largest absolute Gasteiger partial charge is 0.496 e. The number of halogens is 1. The Hall–Kier alpha value is -4.67. The third kappa shape index (κ3) is 6.29. The van der Waals surface area contributed by atoms with E-state index in [1.165, 1.54) is 19.2 Å². The summed E-state index contributed by atoms with van der Waals surface area (Å²) in [6, 6.07) is 17.6. The molecule has 2 N–H and O–H groups in total. The molecular weight excluding hydrogens is 543 g/mol. The summed E-state index contributed by atoms with van der Waals surface area (Å²) in [6.45, 7) is -0.313. The van der Waals surface area contributed by atoms with E-state index in [4.69, 9.17) is 19.4 Å². The first-order chi connectivity index (χ1) is 20.3. The van der Waals surface area contributed by atoms with Crippen LogP contribution in [0.3, 0.4) is 0 Å². The number of aliphatic hydroxyl groups excluding tert-OH is 1. The summed E-state index contributed by atoms with van der Waals surface area (Å²) >= 11 is 0. The number of benzene rings is 3. The molecule has 3 aromatic carbocycles. The van der Waals surface area contributed by atoms with Gasteiger partial charge in [0.2, 0.25) is 0 Å². The molecule has 0 aliphatic heterocycles. The average Bonchev–Trinajstić information content (AvgIpc) is 3.81. The minimum atomic E-state index is -0.965. The van der Waals surface area contributed by atoms with E-state index in [-0.39, 0.29) is 54.8 Å². The second-order valence-corrected chi connectivity index (χ2v) is 10.0. The van der Waals surface area contributed by atoms with Crippen molar-refractivity contribution >= 4 is 28.4 Å². The van der Waals surface area contributed by atoms with Gasteiger partial charge in [-0.05, 0) is 60.4 Å². The smallest absolute Gasteiger partial charge is 0.278 e. The van der Waals surface area contributed by atoms with E-state index in [1.54, 1.807) is 60.8 Å². The summed E-state index contributed by atoms with van der Waals surface area (Å²) in [7, 11) is 1.44. The normalized spacial score (nSPS) is 13.4. The number of hydrogen-bond donors (Lipinski definition) is 2. The molecule has 4 aromatic rings. The second-order valence-electron chi connectivity index (χ2n) is 10.0. The maximum absolute atomic E-state index is 13.2. The number of pyridine rings is 1. The van der Waals surface area contributed by atoms with Crippen LogP contribution in [0.5, 0.6) is 17.2 Å². The Labute approximate surface area is 241 Å². The summed E-state index contributed by atoms with van der Waals surface area (Å²) in [5.74, 6) is 0.0528. The lowest BCUT2D eigenvalue weighted by atomic mass is 9.88. The molecule has 9 nitrogen and oxygen atoms in total. The highest BCUT2D eigenvalue weighted by Crippen LogP contribution is 2.49. The lowest BCUT2D eigenvalue weighted by molar-refractivity contribution is -0.133. The van der Waals surface area contributed by atoms with E-state index in [9.17, 15) is 18.8 Å². The Balaban J connectivity index is 1.28. The van der Waals surface area contributed by atoms with Crippen LogP contribution in [0.15, 0.2) is 72.9 Å². The van der Waals surface area contributed by atoms with Gasteiger partial charge in [-0.25, -0.2) is 9.87 Å². The van der Waals surface area contributed by atoms with Gasteiger partial charge in [-0.2, -0.15) is 0 Å². The van der Waals surface area contributed by atoms with E-state index >= 15 is 0 Å². The minimum absolute atomic E-state index is 0.0631. The van der Waals surface area contributed by atoms with Gasteiger partial charge < -0.3 is 14.6 Å². The van der Waals surface area contributed by atoms with Gasteiger partial charge in [-0.1, -0.05) is 24.3 Å². The third-order valence-electron chi connectivity index (χ3n) is 7.24. The Bertz CT molecular complexity index is 1620. The molecule has 0 spiro atoms. The topological polar surface area (TPSA) is 124 Å². The number of methoxy groups -OCH3 is 1. The summed E-state index contributed by atoms with van der Waals surface area (Å²) in [5, 5.41) is 9.44. The minimum Gasteiger partial charge on any atom is -0.496 e. The zero-order valence-electron chi connectivity index (χ0n) is 22.9. The number of fused-ring (bicyclic) bond motifs is 1. The van der Waals surface area contributed by atoms with Crippen molar-refractivity contribution in [2.45, 2.75) is 25.7 Å². The molecule has 0 unspecified atom stereocenters. The van der Waals surface area contributed by atoms with Crippen LogP contribution in [-0.4, -0.2) is 47.9 Å². The van der Waals surface area contributed by atoms with Crippen molar-refractivity contribution in [1.82, 2.24) is 10.5 Å². The van der Waals surface area contributed by atoms with Crippen LogP contribution < -0.4 is 15.0 Å². The maximum Gasteiger partial charge on any atom is 0.278 e. The number of carbonyl (C=O) groups is 3. The number of nitrogens with one attached hydrogen (secondary N) is 1. The Morgan fingerprint density at radius 2 is 1.57 bits per heavy atom. The molecule has 0 atom stereocenters. The number of aromatic nitrogens is 1. The Morgan fingerprint density at radius 1 is 0.929 bits per heavy atom. The van der Waals surface area contributed by atoms with Gasteiger partial charge in [0.15, 0.2) is 11.6 Å². The van der Waals surface area contributed by atoms with Crippen molar-refractivity contribution in [3.8, 4) is 17.2 Å². The van der Waals surface area contributed by atoms with E-state index < -0.39 is 11.3 Å². The van der Waals surface area contributed by atoms with Gasteiger partial charge in [0.05, 0.1) is 36.8 Å². The number of hydroxylamine groups is 1. The van der Waals surface area contributed by atoms with Crippen molar-refractivity contribution < 1.29 is 38.2 Å². The second kappa shape index (κ2) is 12.5. The van der Waals surface area contributed by atoms with Gasteiger partial charge in [0, 0.05) is 30.5 Å². The van der Waals surface area contributed by atoms with Gasteiger partial charge in [0.1, 0.15) is 23.1 Å². The first-order valence-electron chi connectivity index (χ1n) is 13.4. The van der Waals surface area contributed by atoms with Gasteiger partial charge in [0.25, 0.3) is 5.91 Å². The lowest BCUT2D eigenvalue weighted by Crippen LogP contribution is -2.28. The van der Waals surface area contributed by atoms with E-state index in [0.717, 1.165) is 5.56 Å². The fourth-order valence-corrected chi connectivity index (χ4v) is 4.75. The van der Waals surface area contributed by atoms with Crippen LogP contribution in [0.25, 0.3) is 10.9 Å². The van der Waals surface area contributed by atoms with Crippen LogP contribution in [0.2, 0.25) is 0 Å². The molecule has 1 heterocycles. The monoisotopic (exact) mass is 572 g/mol. The predicted molar refractivity (Wildman–Crippen MR) is 151 cm³/mol. The first-order valence-corrected chi connectivity index (χ1v) is 13.4. The number of aliphatic hydroxyl groups is 1. The molecular formula is C32H29FN2O7. The number of ether oxygens (including phenoxy) is 2. The number of hydrogen-bond acceptors (Lipinski definition) is 8. The summed E-state index contributed by atoms with van der Waals surface area (Å²) in [4.78, 5) is 48.0. The SMILES string of the molecule is COc1cc2nccc(Oc3ccc(CC(=O)C4(C(=O)Cc5ccc(F)cc5)CC4)cc3)c2cc1C(=O)NOCCO. The Morgan fingerprint density at radius 3 is 2.17 bits per heavy atom. The molecule has 1 aromatic heterocycles. The van der Waals surface area contributed by atoms with Crippen molar-refractivity contribution in [3.05, 3.63) is 95.4 Å². The molecule has 1 aliphatic carbocycles. The molecule has 216 valence electrons. The van der Waals surface area contributed by atoms with Crippen molar-refractivity contribution in [3.63, 3.8) is 0 Å². The third-order valence-corrected chi connectivity index (χ3v) is 7.24. The Kier molecular flexibility index (Phi) is 8.56. The first kappa shape index (κ1) is 28.8. The van der Waals surface area contributed by atoms with Gasteiger partial charge >= 0.3 is 0 Å². The number of ketones is 2. The van der Waals surface area contributed by atoms with E-state index in [0.29, 0.717) is 40.8 Å². The number of Topliss-reactive ketones (excluding diaryl/α,β-unsaturated/α-hetero) is 2. The molecule has 1 amide bonds. The maximum atomic E-state index is 13.2. The highest BCUT2D eigenvalue weighted by Gasteiger charge is 2.54. The average molecular weight is 573 g/mol. The molecule has 5 rings (SSSR count). The fourth-order valence-electron chi connectivity index (χ4n) is 4.75. The van der Waals surface area contributed by atoms with Crippen LogP contribution >= 0.6 is 0 Å². The molecule has 1 aliphatic rings. The molecule has 0 bridgehead atoms. The van der Waals surface area contributed by atoms with Crippen molar-refractivity contribution in [2.75, 3.05) is 20.3 Å². The zero-order valence-corrected chi connectivity index (χ0v) is 22.9. The molecule has 10 heteroatoms. The molecule has 1 saturated carbocycles. The molecule has 1 fully saturated rings. The molecule has 0 saturated heterocycles. The van der Waals surface area contributed by atoms with Crippen LogP contribution in [0, 0.1) is 11.2 Å². The zero-order chi connectivity index (χ0) is 29.7. The van der Waals surface area contributed by atoms with E-state index in [2.05, 4.69) is 10.5 Å². The molecule has 42 heavy (non-hydrogen) atoms. The highest BCUT2D eigenvalue weighted by atomic mass is 19.1. The standard InChI is InChI=1S/C32H29FN2O7/c1-40-28-19-26-24(18-25(28)31(39)35-41-15-14-36)27(10-13-34-26)42-23-8-4-21(5-9-23)17-30(38)32(11-12-32)29(37)16-20-2-6-22(33)7-3-20/h2-10,13,18-19,36H,11-12,14-17H2,1H3,(H,35,39). The quantitative estimate of drug-likeness (QED) is 0.136. The lowest BCUT2D eigenvalue weighted by Gasteiger charge is -2.14. The molecule has 0 radical (unpaired) electrons. The van der Waals surface area contributed by atoms with Crippen molar-refractivity contribution in [1.29, 1.82) is 0 Å². The highest BCUT2D eigenvalue weighted by molar-refractivity contribution is 6.11. The number of amides is 1.